The van der Waals surface area contributed by atoms with Crippen molar-refractivity contribution in [3.63, 3.8) is 0 Å². The molecule has 0 spiro atoms. The van der Waals surface area contributed by atoms with Crippen LogP contribution in [0.25, 0.3) is 0 Å². The van der Waals surface area contributed by atoms with Gasteiger partial charge in [-0.05, 0) is 69.2 Å². The van der Waals surface area contributed by atoms with Gasteiger partial charge in [-0.2, -0.15) is 0 Å². The molecule has 1 saturated heterocycles. The molecule has 270 valence electrons. The Morgan fingerprint density at radius 2 is 1.84 bits per heavy atom. The highest BCUT2D eigenvalue weighted by molar-refractivity contribution is 5.90. The summed E-state index contributed by atoms with van der Waals surface area (Å²) in [7, 11) is 0. The molecule has 2 aliphatic heterocycles. The Kier molecular flexibility index (Phi) is 14.3. The van der Waals surface area contributed by atoms with E-state index in [2.05, 4.69) is 6.92 Å². The van der Waals surface area contributed by atoms with E-state index in [1.165, 1.54) is 38.1 Å². The number of non-ortho nitro benzene ring substituents is 1. The maximum atomic E-state index is 13.3. The number of carbonyl (C=O) groups excluding carboxylic acids is 3. The molecule has 2 N–H and O–H groups in total. The molecule has 0 bridgehead atoms. The number of carbonyl (C=O) groups is 3. The van der Waals surface area contributed by atoms with Crippen molar-refractivity contribution >= 4 is 23.6 Å². The van der Waals surface area contributed by atoms with Gasteiger partial charge in [-0.15, -0.1) is 0 Å². The number of epoxide rings is 1. The molecule has 2 aliphatic rings. The zero-order chi connectivity index (χ0) is 36.5. The zero-order valence-electron chi connectivity index (χ0n) is 29.4. The number of cyclic esters (lactones) is 1. The van der Waals surface area contributed by atoms with E-state index in [4.69, 9.17) is 18.9 Å². The van der Waals surface area contributed by atoms with Gasteiger partial charge in [0.25, 0.3) is 5.69 Å². The van der Waals surface area contributed by atoms with Gasteiger partial charge in [-0.3, -0.25) is 19.7 Å². The van der Waals surface area contributed by atoms with Crippen molar-refractivity contribution in [2.75, 3.05) is 0 Å². The monoisotopic (exact) mass is 685 g/mol. The average Bonchev–Trinajstić information content (AvgIpc) is 3.81. The van der Waals surface area contributed by atoms with Crippen LogP contribution in [0.4, 0.5) is 5.69 Å². The molecule has 49 heavy (non-hydrogen) atoms. The standard InChI is InChI=1S/C37H51NO11/c1-8-30(40)25(5)35-31(48-35)20-22(2)10-9-11-23(3)34-24(4)12-17-32(46-26(6)39)37(7,43)19-18-29(21-33(41)49-34)47-36(42)27-13-15-28(16-14-27)38(44)45/h9-17,22,24-25,29-32,34-35,40,43H,8,18-21H2,1-7H3/b10-9+,17-12-,23-11+. The Morgan fingerprint density at radius 3 is 2.45 bits per heavy atom. The number of allylic oxidation sites excluding steroid dienone is 3. The van der Waals surface area contributed by atoms with Crippen LogP contribution < -0.4 is 0 Å². The molecule has 0 aliphatic carbocycles. The molecule has 0 saturated carbocycles. The first-order valence-corrected chi connectivity index (χ1v) is 16.9. The van der Waals surface area contributed by atoms with Gasteiger partial charge < -0.3 is 29.2 Å². The quantitative estimate of drug-likeness (QED) is 0.0518. The number of nitro groups is 1. The van der Waals surface area contributed by atoms with Crippen molar-refractivity contribution in [3.05, 3.63) is 75.9 Å². The van der Waals surface area contributed by atoms with Gasteiger partial charge in [0.1, 0.15) is 23.9 Å². The number of hydrogen-bond donors (Lipinski definition) is 2. The average molecular weight is 686 g/mol. The summed E-state index contributed by atoms with van der Waals surface area (Å²) in [6.45, 7) is 12.5. The van der Waals surface area contributed by atoms with Gasteiger partial charge in [-0.25, -0.2) is 4.79 Å². The highest BCUT2D eigenvalue weighted by Gasteiger charge is 2.45. The Morgan fingerprint density at radius 1 is 1.16 bits per heavy atom. The topological polar surface area (TPSA) is 175 Å². The smallest absolute Gasteiger partial charge is 0.338 e. The van der Waals surface area contributed by atoms with Gasteiger partial charge in [0.15, 0.2) is 0 Å². The Balaban J connectivity index is 1.80. The number of aliphatic hydroxyl groups is 2. The fourth-order valence-electron chi connectivity index (χ4n) is 5.99. The van der Waals surface area contributed by atoms with Gasteiger partial charge in [-0.1, -0.05) is 52.0 Å². The van der Waals surface area contributed by atoms with Crippen molar-refractivity contribution in [2.24, 2.45) is 17.8 Å². The molecule has 0 radical (unpaired) electrons. The molecule has 0 aromatic heterocycles. The first-order chi connectivity index (χ1) is 23.0. The number of esters is 3. The van der Waals surface area contributed by atoms with Crippen molar-refractivity contribution < 1.29 is 48.5 Å². The SMILES string of the molecule is CCC(O)C(C)C1OC1CC(C)/C=C/C=C(\C)C1OC(=O)CC(OC(=O)c2ccc([N+](=O)[O-])cc2)CCC(C)(O)C(OC(C)=O)/C=C\C1C. The summed E-state index contributed by atoms with van der Waals surface area (Å²) in [4.78, 5) is 48.7. The largest absolute Gasteiger partial charge is 0.458 e. The van der Waals surface area contributed by atoms with E-state index in [-0.39, 0.29) is 60.7 Å². The Bertz CT molecular complexity index is 1400. The summed E-state index contributed by atoms with van der Waals surface area (Å²) in [6, 6.07) is 4.89. The van der Waals surface area contributed by atoms with E-state index in [1.54, 1.807) is 12.2 Å². The van der Waals surface area contributed by atoms with Gasteiger partial charge in [0.05, 0.1) is 35.2 Å². The second-order valence-corrected chi connectivity index (χ2v) is 13.6. The van der Waals surface area contributed by atoms with E-state index >= 15 is 0 Å². The molecule has 10 atom stereocenters. The second kappa shape index (κ2) is 17.7. The molecule has 12 nitrogen and oxygen atoms in total. The van der Waals surface area contributed by atoms with Gasteiger partial charge >= 0.3 is 17.9 Å². The molecule has 0 amide bonds. The van der Waals surface area contributed by atoms with Gasteiger partial charge in [0, 0.05) is 30.9 Å². The van der Waals surface area contributed by atoms with Crippen LogP contribution in [0.3, 0.4) is 0 Å². The molecular formula is C37H51NO11. The molecule has 3 rings (SSSR count). The van der Waals surface area contributed by atoms with E-state index < -0.39 is 52.7 Å². The summed E-state index contributed by atoms with van der Waals surface area (Å²) in [5.74, 6) is -2.13. The van der Waals surface area contributed by atoms with Crippen LogP contribution in [0.15, 0.2) is 60.2 Å². The first-order valence-electron chi connectivity index (χ1n) is 16.9. The summed E-state index contributed by atoms with van der Waals surface area (Å²) in [5.41, 5.74) is -0.968. The third-order valence-corrected chi connectivity index (χ3v) is 9.20. The van der Waals surface area contributed by atoms with Crippen LogP contribution in [0.5, 0.6) is 0 Å². The molecular weight excluding hydrogens is 634 g/mol. The lowest BCUT2D eigenvalue weighted by molar-refractivity contribution is -0.384. The van der Waals surface area contributed by atoms with E-state index in [0.717, 1.165) is 12.0 Å². The molecule has 1 aromatic rings. The third kappa shape index (κ3) is 11.9. The number of hydrogen-bond acceptors (Lipinski definition) is 11. The summed E-state index contributed by atoms with van der Waals surface area (Å²) in [5, 5.41) is 32.5. The fraction of sp³-hybridized carbons (Fsp3) is 0.595. The number of ether oxygens (including phenoxy) is 4. The molecule has 1 aromatic carbocycles. The summed E-state index contributed by atoms with van der Waals surface area (Å²) < 4.78 is 22.9. The minimum atomic E-state index is -1.57. The minimum absolute atomic E-state index is 0.00519. The molecule has 2 heterocycles. The number of aliphatic hydroxyl groups excluding tert-OH is 1. The van der Waals surface area contributed by atoms with Crippen molar-refractivity contribution in [2.45, 2.75) is 123 Å². The number of nitro benzene ring substituents is 1. The van der Waals surface area contributed by atoms with Crippen LogP contribution >= 0.6 is 0 Å². The number of rotatable bonds is 12. The van der Waals surface area contributed by atoms with Gasteiger partial charge in [0.2, 0.25) is 0 Å². The summed E-state index contributed by atoms with van der Waals surface area (Å²) in [6.07, 6.45) is 7.35. The normalized spacial score (nSPS) is 30.6. The second-order valence-electron chi connectivity index (χ2n) is 13.6. The Hall–Kier alpha value is -3.87. The molecule has 1 fully saturated rings. The highest BCUT2D eigenvalue weighted by atomic mass is 16.6. The third-order valence-electron chi connectivity index (χ3n) is 9.20. The zero-order valence-corrected chi connectivity index (χ0v) is 29.4. The van der Waals surface area contributed by atoms with Crippen LogP contribution in [-0.2, 0) is 28.5 Å². The van der Waals surface area contributed by atoms with E-state index in [9.17, 15) is 34.7 Å². The predicted octanol–water partition coefficient (Wildman–Crippen LogP) is 5.79. The fourth-order valence-corrected chi connectivity index (χ4v) is 5.99. The van der Waals surface area contributed by atoms with Crippen molar-refractivity contribution in [1.82, 2.24) is 0 Å². The van der Waals surface area contributed by atoms with Crippen LogP contribution in [-0.4, -0.2) is 75.3 Å². The lowest BCUT2D eigenvalue weighted by Crippen LogP contribution is -2.42. The molecule has 10 unspecified atom stereocenters. The molecule has 12 heteroatoms. The van der Waals surface area contributed by atoms with E-state index in [0.29, 0.717) is 6.42 Å². The lowest BCUT2D eigenvalue weighted by atomic mass is 9.88. The first kappa shape index (κ1) is 39.6. The maximum Gasteiger partial charge on any atom is 0.338 e. The predicted molar refractivity (Wildman–Crippen MR) is 181 cm³/mol. The van der Waals surface area contributed by atoms with Crippen molar-refractivity contribution in [3.8, 4) is 0 Å². The van der Waals surface area contributed by atoms with Crippen molar-refractivity contribution in [1.29, 1.82) is 0 Å². The van der Waals surface area contributed by atoms with Crippen LogP contribution in [0.1, 0.15) is 90.9 Å². The van der Waals surface area contributed by atoms with E-state index in [1.807, 2.05) is 45.9 Å². The van der Waals surface area contributed by atoms with Crippen LogP contribution in [0.2, 0.25) is 0 Å². The Labute approximate surface area is 288 Å². The van der Waals surface area contributed by atoms with Crippen LogP contribution in [0, 0.1) is 27.9 Å². The summed E-state index contributed by atoms with van der Waals surface area (Å²) >= 11 is 0. The maximum absolute atomic E-state index is 13.3. The highest BCUT2D eigenvalue weighted by Crippen LogP contribution is 2.36. The minimum Gasteiger partial charge on any atom is -0.458 e. The number of benzene rings is 1. The lowest BCUT2D eigenvalue weighted by Gasteiger charge is -2.33. The number of nitrogens with zero attached hydrogens (tertiary/aromatic N) is 1.